The summed E-state index contributed by atoms with van der Waals surface area (Å²) in [5.41, 5.74) is 4.47. The number of nitro groups is 1. The molecule has 0 aliphatic carbocycles. The van der Waals surface area contributed by atoms with Crippen molar-refractivity contribution in [2.45, 2.75) is 6.61 Å². The molecule has 7 heteroatoms. The summed E-state index contributed by atoms with van der Waals surface area (Å²) in [6.45, 7) is -3.14. The predicted octanol–water partition coefficient (Wildman–Crippen LogP) is 1.78. The number of benzene rings is 1. The first-order valence-electron chi connectivity index (χ1n) is 3.50. The van der Waals surface area contributed by atoms with Crippen molar-refractivity contribution in [3.05, 3.63) is 28.3 Å². The monoisotopic (exact) mass is 204 g/mol. The van der Waals surface area contributed by atoms with Crippen molar-refractivity contribution >= 4 is 11.4 Å². The van der Waals surface area contributed by atoms with Gasteiger partial charge in [0.2, 0.25) is 5.75 Å². The second kappa shape index (κ2) is 3.86. The lowest BCUT2D eigenvalue weighted by Crippen LogP contribution is -2.06. The van der Waals surface area contributed by atoms with Crippen LogP contribution in [0.3, 0.4) is 0 Å². The fraction of sp³-hybridized carbons (Fsp3) is 0.143. The molecule has 1 aromatic carbocycles. The van der Waals surface area contributed by atoms with Gasteiger partial charge in [-0.3, -0.25) is 10.1 Å². The second-order valence-corrected chi connectivity index (χ2v) is 2.33. The maximum absolute atomic E-state index is 11.8. The average molecular weight is 204 g/mol. The summed E-state index contributed by atoms with van der Waals surface area (Å²) in [4.78, 5) is 9.54. The van der Waals surface area contributed by atoms with Crippen LogP contribution in [0.1, 0.15) is 0 Å². The molecule has 0 fully saturated rings. The first kappa shape index (κ1) is 10.2. The van der Waals surface area contributed by atoms with Gasteiger partial charge < -0.3 is 10.5 Å². The van der Waals surface area contributed by atoms with Gasteiger partial charge in [0.1, 0.15) is 0 Å². The van der Waals surface area contributed by atoms with Crippen LogP contribution in [0.4, 0.5) is 20.2 Å². The third kappa shape index (κ3) is 2.06. The van der Waals surface area contributed by atoms with Crippen molar-refractivity contribution in [2.24, 2.45) is 0 Å². The molecule has 0 aromatic heterocycles. The summed E-state index contributed by atoms with van der Waals surface area (Å²) >= 11 is 0. The van der Waals surface area contributed by atoms with Crippen molar-refractivity contribution < 1.29 is 18.4 Å². The Kier molecular flexibility index (Phi) is 2.80. The van der Waals surface area contributed by atoms with Crippen LogP contribution >= 0.6 is 0 Å². The van der Waals surface area contributed by atoms with E-state index in [1.165, 1.54) is 12.1 Å². The minimum atomic E-state index is -3.14. The summed E-state index contributed by atoms with van der Waals surface area (Å²) in [6.07, 6.45) is 0. The number of hydrogen-bond donors (Lipinski definition) is 1. The van der Waals surface area contributed by atoms with Crippen molar-refractivity contribution in [3.63, 3.8) is 0 Å². The number of hydrogen-bond acceptors (Lipinski definition) is 4. The number of nitrogens with two attached hydrogens (primary N) is 1. The SMILES string of the molecule is Nc1cccc([N+](=O)[O-])c1OC(F)F. The van der Waals surface area contributed by atoms with E-state index < -0.39 is 23.0 Å². The number of nitrogens with zero attached hydrogens (tertiary/aromatic N) is 1. The molecule has 14 heavy (non-hydrogen) atoms. The molecule has 1 rings (SSSR count). The highest BCUT2D eigenvalue weighted by molar-refractivity contribution is 5.63. The topological polar surface area (TPSA) is 78.4 Å². The van der Waals surface area contributed by atoms with E-state index in [-0.39, 0.29) is 5.69 Å². The number of rotatable bonds is 3. The Morgan fingerprint density at radius 1 is 1.50 bits per heavy atom. The lowest BCUT2D eigenvalue weighted by molar-refractivity contribution is -0.386. The van der Waals surface area contributed by atoms with E-state index in [4.69, 9.17) is 5.73 Å². The Labute approximate surface area is 77.2 Å². The number of ether oxygens (including phenoxy) is 1. The quantitative estimate of drug-likeness (QED) is 0.462. The highest BCUT2D eigenvalue weighted by Gasteiger charge is 2.20. The predicted molar refractivity (Wildman–Crippen MR) is 44.1 cm³/mol. The maximum Gasteiger partial charge on any atom is 0.387 e. The summed E-state index contributed by atoms with van der Waals surface area (Å²) in [5, 5.41) is 10.4. The molecule has 2 N–H and O–H groups in total. The highest BCUT2D eigenvalue weighted by Crippen LogP contribution is 2.33. The van der Waals surface area contributed by atoms with Gasteiger partial charge in [-0.2, -0.15) is 8.78 Å². The summed E-state index contributed by atoms with van der Waals surface area (Å²) < 4.78 is 27.6. The second-order valence-electron chi connectivity index (χ2n) is 2.33. The molecule has 76 valence electrons. The highest BCUT2D eigenvalue weighted by atomic mass is 19.3. The molecule has 0 saturated carbocycles. The van der Waals surface area contributed by atoms with E-state index in [1.54, 1.807) is 0 Å². The van der Waals surface area contributed by atoms with Gasteiger partial charge in [-0.25, -0.2) is 0 Å². The van der Waals surface area contributed by atoms with Crippen LogP contribution in [0.15, 0.2) is 18.2 Å². The molecule has 1 aromatic rings. The normalized spacial score (nSPS) is 10.2. The Bertz CT molecular complexity index is 357. The van der Waals surface area contributed by atoms with Crippen LogP contribution in [0.2, 0.25) is 0 Å². The number of nitro benzene ring substituents is 1. The van der Waals surface area contributed by atoms with Crippen LogP contribution in [0.5, 0.6) is 5.75 Å². The molecule has 0 aliphatic rings. The Hall–Kier alpha value is -1.92. The zero-order chi connectivity index (χ0) is 10.7. The van der Waals surface area contributed by atoms with Gasteiger partial charge in [-0.1, -0.05) is 6.07 Å². The van der Waals surface area contributed by atoms with E-state index in [0.717, 1.165) is 6.07 Å². The summed E-state index contributed by atoms with van der Waals surface area (Å²) in [6, 6.07) is 3.56. The van der Waals surface area contributed by atoms with Gasteiger partial charge in [0, 0.05) is 6.07 Å². The van der Waals surface area contributed by atoms with E-state index in [1.807, 2.05) is 0 Å². The van der Waals surface area contributed by atoms with Crippen LogP contribution in [0.25, 0.3) is 0 Å². The standard InChI is InChI=1S/C7H6F2N2O3/c8-7(9)14-6-4(10)2-1-3-5(6)11(12)13/h1-3,7H,10H2. The molecule has 0 unspecified atom stereocenters. The molecule has 0 heterocycles. The fourth-order valence-corrected chi connectivity index (χ4v) is 0.903. The average Bonchev–Trinajstić information content (AvgIpc) is 2.07. The maximum atomic E-state index is 11.8. The van der Waals surface area contributed by atoms with Crippen LogP contribution < -0.4 is 10.5 Å². The Balaban J connectivity index is 3.15. The van der Waals surface area contributed by atoms with E-state index >= 15 is 0 Å². The van der Waals surface area contributed by atoms with Crippen LogP contribution in [-0.2, 0) is 0 Å². The van der Waals surface area contributed by atoms with Gasteiger partial charge in [-0.05, 0) is 6.07 Å². The van der Waals surface area contributed by atoms with Crippen molar-refractivity contribution in [1.29, 1.82) is 0 Å². The third-order valence-corrected chi connectivity index (χ3v) is 1.43. The molecule has 0 atom stereocenters. The van der Waals surface area contributed by atoms with Crippen LogP contribution in [0, 0.1) is 10.1 Å². The minimum Gasteiger partial charge on any atom is -0.425 e. The van der Waals surface area contributed by atoms with E-state index in [2.05, 4.69) is 4.74 Å². The number of nitrogen functional groups attached to an aromatic ring is 1. The zero-order valence-corrected chi connectivity index (χ0v) is 6.81. The number of alkyl halides is 2. The molecule has 0 bridgehead atoms. The molecular weight excluding hydrogens is 198 g/mol. The number of para-hydroxylation sites is 1. The molecule has 0 saturated heterocycles. The van der Waals surface area contributed by atoms with Crippen molar-refractivity contribution in [1.82, 2.24) is 0 Å². The van der Waals surface area contributed by atoms with Gasteiger partial charge in [0.05, 0.1) is 10.6 Å². The van der Waals surface area contributed by atoms with E-state index in [9.17, 15) is 18.9 Å². The lowest BCUT2D eigenvalue weighted by Gasteiger charge is -2.06. The largest absolute Gasteiger partial charge is 0.425 e. The van der Waals surface area contributed by atoms with Crippen LogP contribution in [-0.4, -0.2) is 11.5 Å². The first-order valence-corrected chi connectivity index (χ1v) is 3.50. The number of halogens is 2. The van der Waals surface area contributed by atoms with Gasteiger partial charge >= 0.3 is 12.3 Å². The molecule has 0 radical (unpaired) electrons. The van der Waals surface area contributed by atoms with E-state index in [0.29, 0.717) is 0 Å². The summed E-state index contributed by atoms with van der Waals surface area (Å²) in [7, 11) is 0. The van der Waals surface area contributed by atoms with Gasteiger partial charge in [0.25, 0.3) is 0 Å². The molecule has 0 spiro atoms. The van der Waals surface area contributed by atoms with Gasteiger partial charge in [-0.15, -0.1) is 0 Å². The fourth-order valence-electron chi connectivity index (χ4n) is 0.903. The minimum absolute atomic E-state index is 0.195. The zero-order valence-electron chi connectivity index (χ0n) is 6.81. The molecule has 5 nitrogen and oxygen atoms in total. The lowest BCUT2D eigenvalue weighted by atomic mass is 10.2. The first-order chi connectivity index (χ1) is 6.52. The van der Waals surface area contributed by atoms with Gasteiger partial charge in [0.15, 0.2) is 0 Å². The molecule has 0 aliphatic heterocycles. The third-order valence-electron chi connectivity index (χ3n) is 1.43. The molecule has 0 amide bonds. The smallest absolute Gasteiger partial charge is 0.387 e. The summed E-state index contributed by atoms with van der Waals surface area (Å²) in [5.74, 6) is -0.604. The Morgan fingerprint density at radius 2 is 2.14 bits per heavy atom. The van der Waals surface area contributed by atoms with Crippen molar-refractivity contribution in [2.75, 3.05) is 5.73 Å². The van der Waals surface area contributed by atoms with Crippen molar-refractivity contribution in [3.8, 4) is 5.75 Å². The molecular formula is C7H6F2N2O3. The number of anilines is 1. The Morgan fingerprint density at radius 3 is 2.64 bits per heavy atom.